The summed E-state index contributed by atoms with van der Waals surface area (Å²) in [5.74, 6) is 0. The topological polar surface area (TPSA) is 38.3 Å². The Bertz CT molecular complexity index is 328. The number of alkyl carbamates (subject to hydrolysis) is 1. The minimum absolute atomic E-state index is 0.464. The van der Waals surface area contributed by atoms with Crippen molar-refractivity contribution >= 4 is 12.2 Å². The van der Waals surface area contributed by atoms with Gasteiger partial charge in [-0.1, -0.05) is 29.8 Å². The van der Waals surface area contributed by atoms with E-state index in [2.05, 4.69) is 10.1 Å². The number of hydrogen-bond acceptors (Lipinski definition) is 2. The minimum atomic E-state index is -0.464. The summed E-state index contributed by atoms with van der Waals surface area (Å²) < 4.78 is 4.41. The summed E-state index contributed by atoms with van der Waals surface area (Å²) in [7, 11) is 1.33. The summed E-state index contributed by atoms with van der Waals surface area (Å²) in [6.45, 7) is 2.03. The van der Waals surface area contributed by atoms with Gasteiger partial charge in [0, 0.05) is 6.20 Å². The molecule has 0 unspecified atom stereocenters. The van der Waals surface area contributed by atoms with Gasteiger partial charge >= 0.3 is 6.09 Å². The van der Waals surface area contributed by atoms with E-state index >= 15 is 0 Å². The molecule has 3 heteroatoms. The number of amides is 1. The van der Waals surface area contributed by atoms with Crippen LogP contribution < -0.4 is 5.32 Å². The molecule has 0 saturated heterocycles. The summed E-state index contributed by atoms with van der Waals surface area (Å²) in [5.41, 5.74) is 2.25. The average Bonchev–Trinajstić information content (AvgIpc) is 2.21. The van der Waals surface area contributed by atoms with Crippen molar-refractivity contribution in [3.8, 4) is 0 Å². The average molecular weight is 191 g/mol. The van der Waals surface area contributed by atoms with Gasteiger partial charge in [-0.05, 0) is 18.6 Å². The molecule has 1 N–H and O–H groups in total. The van der Waals surface area contributed by atoms with Gasteiger partial charge in [0.2, 0.25) is 0 Å². The largest absolute Gasteiger partial charge is 0.453 e. The van der Waals surface area contributed by atoms with Gasteiger partial charge in [0.25, 0.3) is 0 Å². The number of hydrogen-bond donors (Lipinski definition) is 1. The lowest BCUT2D eigenvalue weighted by molar-refractivity contribution is 0.175. The first-order valence-corrected chi connectivity index (χ1v) is 4.30. The fraction of sp³-hybridized carbons (Fsp3) is 0.182. The zero-order valence-corrected chi connectivity index (χ0v) is 8.28. The van der Waals surface area contributed by atoms with E-state index in [0.29, 0.717) is 0 Å². The maximum Gasteiger partial charge on any atom is 0.410 e. The van der Waals surface area contributed by atoms with Gasteiger partial charge in [-0.3, -0.25) is 5.32 Å². The highest BCUT2D eigenvalue weighted by molar-refractivity contribution is 5.69. The van der Waals surface area contributed by atoms with E-state index in [0.717, 1.165) is 5.56 Å². The van der Waals surface area contributed by atoms with Crippen LogP contribution in [0, 0.1) is 6.92 Å². The summed E-state index contributed by atoms with van der Waals surface area (Å²) in [6.07, 6.45) is 2.89. The van der Waals surface area contributed by atoms with E-state index in [1.54, 1.807) is 12.3 Å². The second-order valence-electron chi connectivity index (χ2n) is 2.88. The Morgan fingerprint density at radius 3 is 2.57 bits per heavy atom. The van der Waals surface area contributed by atoms with Crippen LogP contribution in [0.5, 0.6) is 0 Å². The van der Waals surface area contributed by atoms with Crippen LogP contribution in [0.1, 0.15) is 11.1 Å². The number of aryl methyl sites for hydroxylation is 1. The number of rotatable bonds is 2. The second-order valence-corrected chi connectivity index (χ2v) is 2.88. The van der Waals surface area contributed by atoms with Crippen molar-refractivity contribution in [2.24, 2.45) is 0 Å². The highest BCUT2D eigenvalue weighted by atomic mass is 16.5. The third-order valence-corrected chi connectivity index (χ3v) is 1.74. The van der Waals surface area contributed by atoms with E-state index in [1.807, 2.05) is 31.2 Å². The van der Waals surface area contributed by atoms with Crippen molar-refractivity contribution < 1.29 is 9.53 Å². The van der Waals surface area contributed by atoms with Crippen LogP contribution in [-0.4, -0.2) is 13.2 Å². The Labute approximate surface area is 83.4 Å². The molecule has 0 fully saturated rings. The zero-order valence-electron chi connectivity index (χ0n) is 8.28. The molecule has 14 heavy (non-hydrogen) atoms. The molecule has 0 saturated carbocycles. The highest BCUT2D eigenvalue weighted by Crippen LogP contribution is 2.03. The van der Waals surface area contributed by atoms with Crippen LogP contribution >= 0.6 is 0 Å². The number of carbonyl (C=O) groups is 1. The van der Waals surface area contributed by atoms with Gasteiger partial charge in [-0.15, -0.1) is 0 Å². The van der Waals surface area contributed by atoms with E-state index in [-0.39, 0.29) is 0 Å². The Morgan fingerprint density at radius 2 is 2.00 bits per heavy atom. The lowest BCUT2D eigenvalue weighted by Gasteiger charge is -1.97. The molecule has 0 aliphatic carbocycles. The van der Waals surface area contributed by atoms with Crippen LogP contribution in [0.15, 0.2) is 30.5 Å². The van der Waals surface area contributed by atoms with Crippen molar-refractivity contribution in [2.75, 3.05) is 7.11 Å². The maximum absolute atomic E-state index is 10.7. The molecule has 3 nitrogen and oxygen atoms in total. The highest BCUT2D eigenvalue weighted by Gasteiger charge is 1.91. The SMILES string of the molecule is COC(=O)N/C=C/c1ccc(C)cc1. The quantitative estimate of drug-likeness (QED) is 0.779. The molecule has 0 aromatic heterocycles. The predicted molar refractivity (Wildman–Crippen MR) is 55.8 cm³/mol. The van der Waals surface area contributed by atoms with Crippen LogP contribution in [0.25, 0.3) is 6.08 Å². The lowest BCUT2D eigenvalue weighted by Crippen LogP contribution is -2.15. The van der Waals surface area contributed by atoms with E-state index in [1.165, 1.54) is 12.7 Å². The van der Waals surface area contributed by atoms with Crippen LogP contribution in [0.4, 0.5) is 4.79 Å². The molecule has 0 aliphatic heterocycles. The molecular formula is C11H13NO2. The molecule has 1 aromatic rings. The molecule has 1 aromatic carbocycles. The molecule has 1 amide bonds. The zero-order chi connectivity index (χ0) is 10.4. The minimum Gasteiger partial charge on any atom is -0.453 e. The van der Waals surface area contributed by atoms with E-state index in [4.69, 9.17) is 0 Å². The molecule has 0 aliphatic rings. The summed E-state index contributed by atoms with van der Waals surface area (Å²) >= 11 is 0. The maximum atomic E-state index is 10.7. The van der Waals surface area contributed by atoms with Gasteiger partial charge in [-0.25, -0.2) is 4.79 Å². The molecule has 74 valence electrons. The Morgan fingerprint density at radius 1 is 1.36 bits per heavy atom. The standard InChI is InChI=1S/C11H13NO2/c1-9-3-5-10(6-4-9)7-8-12-11(13)14-2/h3-8H,1-2H3,(H,12,13)/b8-7+. The Kier molecular flexibility index (Phi) is 3.73. The summed E-state index contributed by atoms with van der Waals surface area (Å²) in [6, 6.07) is 7.98. The van der Waals surface area contributed by atoms with Gasteiger partial charge in [0.05, 0.1) is 7.11 Å². The first kappa shape index (κ1) is 10.3. The number of nitrogens with one attached hydrogen (secondary N) is 1. The molecular weight excluding hydrogens is 178 g/mol. The first-order valence-electron chi connectivity index (χ1n) is 4.30. The number of benzene rings is 1. The molecule has 0 heterocycles. The monoisotopic (exact) mass is 191 g/mol. The van der Waals surface area contributed by atoms with E-state index < -0.39 is 6.09 Å². The van der Waals surface area contributed by atoms with Gasteiger partial charge in [0.15, 0.2) is 0 Å². The van der Waals surface area contributed by atoms with Crippen LogP contribution in [-0.2, 0) is 4.74 Å². The number of methoxy groups -OCH3 is 1. The smallest absolute Gasteiger partial charge is 0.410 e. The van der Waals surface area contributed by atoms with Crippen molar-refractivity contribution in [1.82, 2.24) is 5.32 Å². The third kappa shape index (κ3) is 3.31. The van der Waals surface area contributed by atoms with Crippen molar-refractivity contribution in [3.05, 3.63) is 41.6 Å². The van der Waals surface area contributed by atoms with Gasteiger partial charge in [0.1, 0.15) is 0 Å². The summed E-state index contributed by atoms with van der Waals surface area (Å²) in [5, 5.41) is 2.45. The molecule has 0 atom stereocenters. The lowest BCUT2D eigenvalue weighted by atomic mass is 10.1. The van der Waals surface area contributed by atoms with Gasteiger partial charge < -0.3 is 4.74 Å². The van der Waals surface area contributed by atoms with Crippen LogP contribution in [0.3, 0.4) is 0 Å². The molecule has 1 rings (SSSR count). The van der Waals surface area contributed by atoms with Crippen molar-refractivity contribution in [1.29, 1.82) is 0 Å². The predicted octanol–water partition coefficient (Wildman–Crippen LogP) is 2.32. The van der Waals surface area contributed by atoms with Crippen molar-refractivity contribution in [3.63, 3.8) is 0 Å². The second kappa shape index (κ2) is 5.07. The summed E-state index contributed by atoms with van der Waals surface area (Å²) in [4.78, 5) is 10.7. The molecule has 0 radical (unpaired) electrons. The fourth-order valence-corrected chi connectivity index (χ4v) is 0.942. The first-order chi connectivity index (χ1) is 6.72. The van der Waals surface area contributed by atoms with Gasteiger partial charge in [-0.2, -0.15) is 0 Å². The third-order valence-electron chi connectivity index (χ3n) is 1.74. The Balaban J connectivity index is 2.52. The Hall–Kier alpha value is -1.77. The number of carbonyl (C=O) groups excluding carboxylic acids is 1. The van der Waals surface area contributed by atoms with E-state index in [9.17, 15) is 4.79 Å². The van der Waals surface area contributed by atoms with Crippen molar-refractivity contribution in [2.45, 2.75) is 6.92 Å². The molecule has 0 bridgehead atoms. The number of ether oxygens (including phenoxy) is 1. The van der Waals surface area contributed by atoms with Crippen LogP contribution in [0.2, 0.25) is 0 Å². The molecule has 0 spiro atoms. The fourth-order valence-electron chi connectivity index (χ4n) is 0.942. The normalized spacial score (nSPS) is 10.1.